The van der Waals surface area contributed by atoms with Crippen LogP contribution in [0.15, 0.2) is 24.3 Å². The lowest BCUT2D eigenvalue weighted by molar-refractivity contribution is -0.134. The molecule has 1 aromatic carbocycles. The summed E-state index contributed by atoms with van der Waals surface area (Å²) in [6, 6.07) is 8.35. The number of likely N-dealkylation sites (tertiary alicyclic amines) is 1. The molecule has 1 heterocycles. The fraction of sp³-hybridized carbons (Fsp3) is 0.533. The lowest BCUT2D eigenvalue weighted by Crippen LogP contribution is -2.35. The first-order valence-corrected chi connectivity index (χ1v) is 6.74. The highest BCUT2D eigenvalue weighted by Gasteiger charge is 2.33. The van der Waals surface area contributed by atoms with Crippen molar-refractivity contribution in [3.63, 3.8) is 0 Å². The Morgan fingerprint density at radius 2 is 1.94 bits per heavy atom. The van der Waals surface area contributed by atoms with E-state index in [0.717, 1.165) is 32.4 Å². The summed E-state index contributed by atoms with van der Waals surface area (Å²) in [6.45, 7) is 1.76. The SMILES string of the molecule is O=C(C1Cc2ccccc2C1)N1CCC(CO)C1. The van der Waals surface area contributed by atoms with E-state index in [1.54, 1.807) is 0 Å². The van der Waals surface area contributed by atoms with E-state index in [-0.39, 0.29) is 24.3 Å². The number of aliphatic hydroxyl groups excluding tert-OH is 1. The lowest BCUT2D eigenvalue weighted by atomic mass is 10.0. The summed E-state index contributed by atoms with van der Waals surface area (Å²) in [4.78, 5) is 14.4. The number of fused-ring (bicyclic) bond motifs is 1. The Morgan fingerprint density at radius 1 is 1.28 bits per heavy atom. The molecule has 1 saturated heterocycles. The minimum atomic E-state index is 0.125. The molecule has 3 nitrogen and oxygen atoms in total. The molecule has 1 atom stereocenters. The van der Waals surface area contributed by atoms with Crippen molar-refractivity contribution in [2.24, 2.45) is 11.8 Å². The second kappa shape index (κ2) is 4.73. The van der Waals surface area contributed by atoms with Crippen molar-refractivity contribution in [2.75, 3.05) is 19.7 Å². The maximum atomic E-state index is 12.4. The van der Waals surface area contributed by atoms with Gasteiger partial charge in [0.1, 0.15) is 0 Å². The molecule has 1 aliphatic carbocycles. The number of hydrogen-bond donors (Lipinski definition) is 1. The van der Waals surface area contributed by atoms with E-state index in [9.17, 15) is 4.79 Å². The molecule has 0 bridgehead atoms. The smallest absolute Gasteiger partial charge is 0.226 e. The summed E-state index contributed by atoms with van der Waals surface area (Å²) in [5.41, 5.74) is 2.66. The van der Waals surface area contributed by atoms with Crippen molar-refractivity contribution in [3.8, 4) is 0 Å². The molecule has 96 valence electrons. The molecule has 3 heteroatoms. The summed E-state index contributed by atoms with van der Waals surface area (Å²) in [5.74, 6) is 0.694. The van der Waals surface area contributed by atoms with Crippen LogP contribution in [0.3, 0.4) is 0 Å². The number of aliphatic hydroxyl groups is 1. The molecule has 1 N–H and O–H groups in total. The van der Waals surface area contributed by atoms with Gasteiger partial charge in [-0.2, -0.15) is 0 Å². The Balaban J connectivity index is 1.66. The Labute approximate surface area is 107 Å². The zero-order valence-corrected chi connectivity index (χ0v) is 10.5. The standard InChI is InChI=1S/C15H19NO2/c17-10-11-5-6-16(9-11)15(18)14-7-12-3-1-2-4-13(12)8-14/h1-4,11,14,17H,5-10H2. The van der Waals surface area contributed by atoms with Crippen molar-refractivity contribution in [3.05, 3.63) is 35.4 Å². The molecular weight excluding hydrogens is 226 g/mol. The monoisotopic (exact) mass is 245 g/mol. The fourth-order valence-corrected chi connectivity index (χ4v) is 3.17. The first-order valence-electron chi connectivity index (χ1n) is 6.74. The maximum Gasteiger partial charge on any atom is 0.226 e. The Kier molecular flexibility index (Phi) is 3.08. The minimum Gasteiger partial charge on any atom is -0.396 e. The number of amides is 1. The van der Waals surface area contributed by atoms with Gasteiger partial charge in [0.05, 0.1) is 0 Å². The average Bonchev–Trinajstić information content (AvgIpc) is 3.04. The first-order chi connectivity index (χ1) is 8.78. The fourth-order valence-electron chi connectivity index (χ4n) is 3.17. The van der Waals surface area contributed by atoms with Gasteiger partial charge in [-0.25, -0.2) is 0 Å². The molecule has 1 amide bonds. The maximum absolute atomic E-state index is 12.4. The van der Waals surface area contributed by atoms with Gasteiger partial charge < -0.3 is 10.0 Å². The van der Waals surface area contributed by atoms with Gasteiger partial charge in [0, 0.05) is 31.5 Å². The summed E-state index contributed by atoms with van der Waals surface area (Å²) in [5, 5.41) is 9.13. The molecule has 0 spiro atoms. The second-order valence-electron chi connectivity index (χ2n) is 5.50. The van der Waals surface area contributed by atoms with Crippen molar-refractivity contribution >= 4 is 5.91 Å². The Morgan fingerprint density at radius 3 is 2.50 bits per heavy atom. The van der Waals surface area contributed by atoms with E-state index in [2.05, 4.69) is 12.1 Å². The molecular formula is C15H19NO2. The molecule has 1 aromatic rings. The van der Waals surface area contributed by atoms with Gasteiger partial charge in [-0.15, -0.1) is 0 Å². The highest BCUT2D eigenvalue weighted by molar-refractivity contribution is 5.80. The molecule has 1 aliphatic heterocycles. The normalized spacial score (nSPS) is 23.4. The predicted molar refractivity (Wildman–Crippen MR) is 69.1 cm³/mol. The molecule has 1 unspecified atom stereocenters. The summed E-state index contributed by atoms with van der Waals surface area (Å²) in [6.07, 6.45) is 2.71. The third kappa shape index (κ3) is 2.03. The van der Waals surface area contributed by atoms with E-state index in [4.69, 9.17) is 5.11 Å². The zero-order chi connectivity index (χ0) is 12.5. The molecule has 18 heavy (non-hydrogen) atoms. The van der Waals surface area contributed by atoms with Crippen LogP contribution in [0, 0.1) is 11.8 Å². The molecule has 3 rings (SSSR count). The van der Waals surface area contributed by atoms with Crippen LogP contribution in [0.1, 0.15) is 17.5 Å². The summed E-state index contributed by atoms with van der Waals surface area (Å²) >= 11 is 0. The van der Waals surface area contributed by atoms with Gasteiger partial charge in [-0.05, 0) is 30.4 Å². The van der Waals surface area contributed by atoms with E-state index in [1.165, 1.54) is 11.1 Å². The highest BCUT2D eigenvalue weighted by Crippen LogP contribution is 2.29. The molecule has 0 aromatic heterocycles. The van der Waals surface area contributed by atoms with Crippen LogP contribution in [0.25, 0.3) is 0 Å². The average molecular weight is 245 g/mol. The first kappa shape index (κ1) is 11.7. The van der Waals surface area contributed by atoms with Crippen LogP contribution in [0.4, 0.5) is 0 Å². The van der Waals surface area contributed by atoms with Crippen LogP contribution < -0.4 is 0 Å². The van der Waals surface area contributed by atoms with Gasteiger partial charge in [0.25, 0.3) is 0 Å². The topological polar surface area (TPSA) is 40.5 Å². The summed E-state index contributed by atoms with van der Waals surface area (Å²) < 4.78 is 0. The van der Waals surface area contributed by atoms with E-state index in [0.29, 0.717) is 0 Å². The van der Waals surface area contributed by atoms with Gasteiger partial charge in [-0.1, -0.05) is 24.3 Å². The highest BCUT2D eigenvalue weighted by atomic mass is 16.3. The van der Waals surface area contributed by atoms with Gasteiger partial charge >= 0.3 is 0 Å². The van der Waals surface area contributed by atoms with E-state index < -0.39 is 0 Å². The Hall–Kier alpha value is -1.35. The number of hydrogen-bond acceptors (Lipinski definition) is 2. The van der Waals surface area contributed by atoms with Crippen LogP contribution in [-0.2, 0) is 17.6 Å². The van der Waals surface area contributed by atoms with Crippen LogP contribution in [0.5, 0.6) is 0 Å². The number of rotatable bonds is 2. The number of carbonyl (C=O) groups is 1. The minimum absolute atomic E-state index is 0.125. The molecule has 0 saturated carbocycles. The molecule has 1 fully saturated rings. The lowest BCUT2D eigenvalue weighted by Gasteiger charge is -2.20. The van der Waals surface area contributed by atoms with Gasteiger partial charge in [0.2, 0.25) is 5.91 Å². The largest absolute Gasteiger partial charge is 0.396 e. The van der Waals surface area contributed by atoms with E-state index >= 15 is 0 Å². The van der Waals surface area contributed by atoms with Crippen molar-refractivity contribution in [1.29, 1.82) is 0 Å². The number of nitrogens with zero attached hydrogens (tertiary/aromatic N) is 1. The third-order valence-electron chi connectivity index (χ3n) is 4.26. The molecule has 2 aliphatic rings. The predicted octanol–water partition coefficient (Wildman–Crippen LogP) is 1.24. The summed E-state index contributed by atoms with van der Waals surface area (Å²) in [7, 11) is 0. The van der Waals surface area contributed by atoms with E-state index in [1.807, 2.05) is 17.0 Å². The van der Waals surface area contributed by atoms with Crippen LogP contribution in [-0.4, -0.2) is 35.6 Å². The third-order valence-corrected chi connectivity index (χ3v) is 4.26. The van der Waals surface area contributed by atoms with Crippen LogP contribution >= 0.6 is 0 Å². The number of benzene rings is 1. The van der Waals surface area contributed by atoms with Crippen molar-refractivity contribution in [2.45, 2.75) is 19.3 Å². The second-order valence-corrected chi connectivity index (χ2v) is 5.50. The quantitative estimate of drug-likeness (QED) is 0.851. The van der Waals surface area contributed by atoms with Crippen LogP contribution in [0.2, 0.25) is 0 Å². The van der Waals surface area contributed by atoms with Gasteiger partial charge in [0.15, 0.2) is 0 Å². The van der Waals surface area contributed by atoms with Gasteiger partial charge in [-0.3, -0.25) is 4.79 Å². The molecule has 0 radical (unpaired) electrons. The number of carbonyl (C=O) groups excluding carboxylic acids is 1. The zero-order valence-electron chi connectivity index (χ0n) is 10.5. The van der Waals surface area contributed by atoms with Crippen molar-refractivity contribution < 1.29 is 9.90 Å². The Bertz CT molecular complexity index is 433. The van der Waals surface area contributed by atoms with Crippen molar-refractivity contribution in [1.82, 2.24) is 4.90 Å².